The first-order chi connectivity index (χ1) is 13.3. The number of halogens is 1. The minimum absolute atomic E-state index is 0.0370. The third kappa shape index (κ3) is 4.15. The van der Waals surface area contributed by atoms with Gasteiger partial charge in [0, 0.05) is 17.0 Å². The first kappa shape index (κ1) is 20.2. The molecule has 0 saturated heterocycles. The summed E-state index contributed by atoms with van der Waals surface area (Å²) in [5.74, 6) is -0.787. The van der Waals surface area contributed by atoms with Crippen LogP contribution in [0.2, 0.25) is 0 Å². The van der Waals surface area contributed by atoms with Gasteiger partial charge in [0.15, 0.2) is 9.84 Å². The van der Waals surface area contributed by atoms with E-state index in [0.29, 0.717) is 10.4 Å². The number of nitrogens with one attached hydrogen (secondary N) is 1. The summed E-state index contributed by atoms with van der Waals surface area (Å²) < 4.78 is 40.1. The maximum Gasteiger partial charge on any atom is 0.251 e. The third-order valence-corrected chi connectivity index (χ3v) is 7.75. The molecule has 0 aliphatic heterocycles. The Morgan fingerprint density at radius 1 is 1.07 bits per heavy atom. The van der Waals surface area contributed by atoms with Crippen molar-refractivity contribution in [1.29, 1.82) is 0 Å². The molecule has 1 heterocycles. The van der Waals surface area contributed by atoms with Crippen molar-refractivity contribution in [1.82, 2.24) is 5.32 Å². The van der Waals surface area contributed by atoms with Gasteiger partial charge in [0.05, 0.1) is 4.90 Å². The molecule has 0 radical (unpaired) electrons. The molecule has 1 aromatic heterocycles. The minimum Gasteiger partial charge on any atom is -0.350 e. The van der Waals surface area contributed by atoms with Gasteiger partial charge in [0.25, 0.3) is 5.91 Å². The van der Waals surface area contributed by atoms with Gasteiger partial charge < -0.3 is 5.32 Å². The van der Waals surface area contributed by atoms with Crippen molar-refractivity contribution in [2.24, 2.45) is 0 Å². The Hall–Kier alpha value is -2.51. The molecule has 2 aromatic carbocycles. The molecule has 3 rings (SSSR count). The summed E-state index contributed by atoms with van der Waals surface area (Å²) in [5.41, 5.74) is 1.57. The van der Waals surface area contributed by atoms with Gasteiger partial charge in [0.1, 0.15) is 11.1 Å². The Labute approximate surface area is 168 Å². The Morgan fingerprint density at radius 3 is 2.46 bits per heavy atom. The van der Waals surface area contributed by atoms with Crippen LogP contribution >= 0.6 is 11.3 Å². The van der Waals surface area contributed by atoms with E-state index in [0.717, 1.165) is 11.6 Å². The summed E-state index contributed by atoms with van der Waals surface area (Å²) in [6, 6.07) is 14.4. The van der Waals surface area contributed by atoms with E-state index in [-0.39, 0.29) is 22.9 Å². The van der Waals surface area contributed by atoms with E-state index >= 15 is 0 Å². The zero-order valence-electron chi connectivity index (χ0n) is 15.5. The van der Waals surface area contributed by atoms with Crippen molar-refractivity contribution in [3.8, 4) is 0 Å². The summed E-state index contributed by atoms with van der Waals surface area (Å²) in [6.45, 7) is 3.27. The van der Waals surface area contributed by atoms with E-state index in [1.807, 2.05) is 19.1 Å². The van der Waals surface area contributed by atoms with Crippen molar-refractivity contribution >= 4 is 27.1 Å². The topological polar surface area (TPSA) is 63.2 Å². The van der Waals surface area contributed by atoms with Gasteiger partial charge in [0.2, 0.25) is 0 Å². The van der Waals surface area contributed by atoms with Crippen molar-refractivity contribution in [2.75, 3.05) is 6.54 Å². The van der Waals surface area contributed by atoms with Gasteiger partial charge in [-0.15, -0.1) is 11.3 Å². The molecule has 28 heavy (non-hydrogen) atoms. The highest BCUT2D eigenvalue weighted by atomic mass is 32.2. The average Bonchev–Trinajstić information content (AvgIpc) is 3.18. The molecule has 0 saturated carbocycles. The number of hydrogen-bond donors (Lipinski definition) is 1. The summed E-state index contributed by atoms with van der Waals surface area (Å²) >= 11 is 1.31. The average molecular weight is 418 g/mol. The maximum atomic E-state index is 13.6. The summed E-state index contributed by atoms with van der Waals surface area (Å²) in [6.07, 6.45) is 0. The van der Waals surface area contributed by atoms with Gasteiger partial charge in [-0.05, 0) is 60.7 Å². The van der Waals surface area contributed by atoms with Crippen LogP contribution in [0.25, 0.3) is 0 Å². The SMILES string of the molecule is Cc1cc(S(=O)(=O)[C@@H](CNC(=O)c2ccccc2C)c2cccs2)ccc1F. The fraction of sp³-hybridized carbons (Fsp3) is 0.190. The number of amides is 1. The number of rotatable bonds is 6. The van der Waals surface area contributed by atoms with Gasteiger partial charge in [-0.2, -0.15) is 0 Å². The number of thiophene rings is 1. The monoisotopic (exact) mass is 417 g/mol. The highest BCUT2D eigenvalue weighted by Crippen LogP contribution is 2.32. The van der Waals surface area contributed by atoms with Crippen molar-refractivity contribution in [3.63, 3.8) is 0 Å². The second-order valence-corrected chi connectivity index (χ2v) is 9.59. The van der Waals surface area contributed by atoms with Gasteiger partial charge in [-0.1, -0.05) is 24.3 Å². The molecule has 0 aliphatic rings. The van der Waals surface area contributed by atoms with Crippen molar-refractivity contribution < 1.29 is 17.6 Å². The summed E-state index contributed by atoms with van der Waals surface area (Å²) in [4.78, 5) is 13.2. The van der Waals surface area contributed by atoms with E-state index in [9.17, 15) is 17.6 Å². The van der Waals surface area contributed by atoms with Crippen LogP contribution in [-0.2, 0) is 9.84 Å². The standard InChI is InChI=1S/C21H20FNO3S2/c1-14-6-3-4-7-17(14)21(24)23-13-20(19-8-5-11-27-19)28(25,26)16-9-10-18(22)15(2)12-16/h3-12,20H,13H2,1-2H3,(H,23,24)/t20-/m0/s1. The first-order valence-corrected chi connectivity index (χ1v) is 11.1. The maximum absolute atomic E-state index is 13.6. The zero-order chi connectivity index (χ0) is 20.3. The molecule has 7 heteroatoms. The molecule has 4 nitrogen and oxygen atoms in total. The lowest BCUT2D eigenvalue weighted by atomic mass is 10.1. The van der Waals surface area contributed by atoms with Crippen LogP contribution in [0, 0.1) is 19.7 Å². The third-order valence-electron chi connectivity index (χ3n) is 4.53. The Morgan fingerprint density at radius 2 is 1.82 bits per heavy atom. The highest BCUT2D eigenvalue weighted by Gasteiger charge is 2.31. The molecular weight excluding hydrogens is 397 g/mol. The first-order valence-electron chi connectivity index (χ1n) is 8.68. The van der Waals surface area contributed by atoms with Crippen molar-refractivity contribution in [3.05, 3.63) is 87.4 Å². The molecular formula is C21H20FNO3S2. The summed E-state index contributed by atoms with van der Waals surface area (Å²) in [7, 11) is -3.82. The predicted octanol–water partition coefficient (Wildman–Crippen LogP) is 4.45. The number of carbonyl (C=O) groups is 1. The molecule has 0 bridgehead atoms. The molecule has 0 fully saturated rings. The fourth-order valence-corrected chi connectivity index (χ4v) is 5.77. The van der Waals surface area contributed by atoms with Crippen LogP contribution in [-0.4, -0.2) is 20.9 Å². The normalized spacial score (nSPS) is 12.5. The lowest BCUT2D eigenvalue weighted by Gasteiger charge is -2.18. The van der Waals surface area contributed by atoms with E-state index in [1.54, 1.807) is 29.6 Å². The van der Waals surface area contributed by atoms with Crippen LogP contribution in [0.5, 0.6) is 0 Å². The second-order valence-electron chi connectivity index (χ2n) is 6.49. The van der Waals surface area contributed by atoms with Crippen LogP contribution in [0.4, 0.5) is 4.39 Å². The van der Waals surface area contributed by atoms with Crippen molar-refractivity contribution in [2.45, 2.75) is 24.0 Å². The van der Waals surface area contributed by atoms with Crippen LogP contribution in [0.15, 0.2) is 64.9 Å². The number of hydrogen-bond acceptors (Lipinski definition) is 4. The predicted molar refractivity (Wildman–Crippen MR) is 109 cm³/mol. The number of carbonyl (C=O) groups excluding carboxylic acids is 1. The largest absolute Gasteiger partial charge is 0.350 e. The number of benzene rings is 2. The minimum atomic E-state index is -3.82. The highest BCUT2D eigenvalue weighted by molar-refractivity contribution is 7.91. The molecule has 3 aromatic rings. The van der Waals surface area contributed by atoms with Crippen LogP contribution in [0.3, 0.4) is 0 Å². The van der Waals surface area contributed by atoms with E-state index in [2.05, 4.69) is 5.32 Å². The van der Waals surface area contributed by atoms with Gasteiger partial charge in [-0.3, -0.25) is 4.79 Å². The van der Waals surface area contributed by atoms with Crippen LogP contribution < -0.4 is 5.32 Å². The molecule has 1 atom stereocenters. The van der Waals surface area contributed by atoms with Gasteiger partial charge in [-0.25, -0.2) is 12.8 Å². The zero-order valence-corrected chi connectivity index (χ0v) is 17.1. The van der Waals surface area contributed by atoms with Gasteiger partial charge >= 0.3 is 0 Å². The quantitative estimate of drug-likeness (QED) is 0.603. The van der Waals surface area contributed by atoms with E-state index < -0.39 is 20.9 Å². The molecule has 1 N–H and O–H groups in total. The smallest absolute Gasteiger partial charge is 0.251 e. The second kappa shape index (κ2) is 8.24. The lowest BCUT2D eigenvalue weighted by Crippen LogP contribution is -2.32. The summed E-state index contributed by atoms with van der Waals surface area (Å²) in [5, 5.41) is 3.58. The Bertz CT molecular complexity index is 1090. The molecule has 0 aliphatic carbocycles. The van der Waals surface area contributed by atoms with Crippen LogP contribution in [0.1, 0.15) is 31.6 Å². The molecule has 0 unspecified atom stereocenters. The Balaban J connectivity index is 1.91. The number of aryl methyl sites for hydroxylation is 2. The van der Waals surface area contributed by atoms with E-state index in [4.69, 9.17) is 0 Å². The number of sulfone groups is 1. The molecule has 1 amide bonds. The fourth-order valence-electron chi connectivity index (χ4n) is 2.90. The molecule has 0 spiro atoms. The molecule has 146 valence electrons. The Kier molecular flexibility index (Phi) is 5.96. The van der Waals surface area contributed by atoms with E-state index in [1.165, 1.54) is 30.4 Å². The lowest BCUT2D eigenvalue weighted by molar-refractivity contribution is 0.0953.